The van der Waals surface area contributed by atoms with Gasteiger partial charge in [-0.2, -0.15) is 0 Å². The van der Waals surface area contributed by atoms with Gasteiger partial charge in [0.25, 0.3) is 0 Å². The normalized spacial score (nSPS) is 10.7. The van der Waals surface area contributed by atoms with Crippen molar-refractivity contribution in [3.63, 3.8) is 0 Å². The summed E-state index contributed by atoms with van der Waals surface area (Å²) in [5.41, 5.74) is 7.96. The van der Waals surface area contributed by atoms with E-state index in [2.05, 4.69) is 41.4 Å². The van der Waals surface area contributed by atoms with E-state index in [0.717, 1.165) is 23.6 Å². The van der Waals surface area contributed by atoms with Crippen LogP contribution in [0.5, 0.6) is 0 Å². The Kier molecular flexibility index (Phi) is 3.01. The van der Waals surface area contributed by atoms with E-state index in [4.69, 9.17) is 5.73 Å². The number of benzene rings is 1. The molecule has 0 spiro atoms. The molecule has 4 heteroatoms. The average molecular weight is 216 g/mol. The molecule has 2 N–H and O–H groups in total. The van der Waals surface area contributed by atoms with Crippen molar-refractivity contribution in [3.8, 4) is 11.4 Å². The van der Waals surface area contributed by atoms with Crippen LogP contribution in [0.4, 0.5) is 0 Å². The van der Waals surface area contributed by atoms with Crippen LogP contribution in [0.15, 0.2) is 24.3 Å². The van der Waals surface area contributed by atoms with Crippen molar-refractivity contribution < 1.29 is 0 Å². The Morgan fingerprint density at radius 2 is 1.88 bits per heavy atom. The molecule has 0 fully saturated rings. The van der Waals surface area contributed by atoms with Gasteiger partial charge in [0, 0.05) is 12.6 Å². The van der Waals surface area contributed by atoms with Crippen LogP contribution in [0.1, 0.15) is 18.3 Å². The second kappa shape index (κ2) is 4.45. The lowest BCUT2D eigenvalue weighted by atomic mass is 10.1. The molecule has 0 atom stereocenters. The topological polar surface area (TPSA) is 56.7 Å². The lowest BCUT2D eigenvalue weighted by molar-refractivity contribution is 0.797. The number of hydrogen-bond donors (Lipinski definition) is 1. The summed E-state index contributed by atoms with van der Waals surface area (Å²) in [6.45, 7) is 2.56. The van der Waals surface area contributed by atoms with E-state index in [1.54, 1.807) is 0 Å². The summed E-state index contributed by atoms with van der Waals surface area (Å²) in [6, 6.07) is 8.38. The highest BCUT2D eigenvalue weighted by Crippen LogP contribution is 2.17. The second-order valence-electron chi connectivity index (χ2n) is 3.75. The molecule has 0 amide bonds. The van der Waals surface area contributed by atoms with Crippen molar-refractivity contribution in [1.82, 2.24) is 14.8 Å². The van der Waals surface area contributed by atoms with Gasteiger partial charge in [-0.1, -0.05) is 31.2 Å². The third-order valence-corrected chi connectivity index (χ3v) is 2.77. The highest BCUT2D eigenvalue weighted by molar-refractivity contribution is 5.55. The Morgan fingerprint density at radius 3 is 2.38 bits per heavy atom. The molecule has 0 aliphatic carbocycles. The number of aromatic nitrogens is 3. The largest absolute Gasteiger partial charge is 0.324 e. The van der Waals surface area contributed by atoms with Gasteiger partial charge in [0.15, 0.2) is 5.82 Å². The minimum Gasteiger partial charge on any atom is -0.324 e. The van der Waals surface area contributed by atoms with Gasteiger partial charge in [-0.3, -0.25) is 0 Å². The van der Waals surface area contributed by atoms with Gasteiger partial charge in [-0.05, 0) is 12.0 Å². The quantitative estimate of drug-likeness (QED) is 0.846. The predicted octanol–water partition coefficient (Wildman–Crippen LogP) is 1.50. The van der Waals surface area contributed by atoms with Crippen LogP contribution >= 0.6 is 0 Å². The van der Waals surface area contributed by atoms with Crippen LogP contribution < -0.4 is 5.73 Å². The summed E-state index contributed by atoms with van der Waals surface area (Å²) in [4.78, 5) is 0. The van der Waals surface area contributed by atoms with Crippen LogP contribution in [-0.4, -0.2) is 14.8 Å². The number of rotatable bonds is 3. The van der Waals surface area contributed by atoms with Gasteiger partial charge in [-0.25, -0.2) is 0 Å². The maximum atomic E-state index is 5.56. The van der Waals surface area contributed by atoms with E-state index in [9.17, 15) is 0 Å². The standard InChI is InChI=1S/C12H16N4/c1-3-9-4-6-10(7-5-9)12-15-14-11(8-13)16(12)2/h4-7H,3,8,13H2,1-2H3. The van der Waals surface area contributed by atoms with E-state index >= 15 is 0 Å². The van der Waals surface area contributed by atoms with E-state index < -0.39 is 0 Å². The summed E-state index contributed by atoms with van der Waals surface area (Å²) in [5.74, 6) is 1.66. The summed E-state index contributed by atoms with van der Waals surface area (Å²) in [7, 11) is 1.94. The van der Waals surface area contributed by atoms with E-state index in [0.29, 0.717) is 6.54 Å². The van der Waals surface area contributed by atoms with Crippen molar-refractivity contribution in [2.45, 2.75) is 19.9 Å². The number of hydrogen-bond acceptors (Lipinski definition) is 3. The summed E-state index contributed by atoms with van der Waals surface area (Å²) in [5, 5.41) is 8.19. The van der Waals surface area contributed by atoms with Crippen molar-refractivity contribution >= 4 is 0 Å². The molecule has 4 nitrogen and oxygen atoms in total. The monoisotopic (exact) mass is 216 g/mol. The number of aryl methyl sites for hydroxylation is 1. The first-order valence-corrected chi connectivity index (χ1v) is 5.44. The molecule has 0 aliphatic heterocycles. The minimum absolute atomic E-state index is 0.413. The third kappa shape index (κ3) is 1.84. The van der Waals surface area contributed by atoms with Crippen LogP contribution in [0, 0.1) is 0 Å². The van der Waals surface area contributed by atoms with Crippen molar-refractivity contribution in [3.05, 3.63) is 35.7 Å². The maximum absolute atomic E-state index is 5.56. The number of nitrogens with zero attached hydrogens (tertiary/aromatic N) is 3. The molecule has 1 heterocycles. The number of nitrogens with two attached hydrogens (primary N) is 1. The first-order chi connectivity index (χ1) is 7.76. The Balaban J connectivity index is 2.38. The lowest BCUT2D eigenvalue weighted by Crippen LogP contribution is -2.05. The van der Waals surface area contributed by atoms with Crippen LogP contribution in [0.3, 0.4) is 0 Å². The third-order valence-electron chi connectivity index (χ3n) is 2.77. The average Bonchev–Trinajstić information content (AvgIpc) is 2.70. The zero-order chi connectivity index (χ0) is 11.5. The van der Waals surface area contributed by atoms with Gasteiger partial charge in [0.1, 0.15) is 5.82 Å². The molecule has 0 aliphatic rings. The summed E-state index contributed by atoms with van der Waals surface area (Å²) < 4.78 is 1.93. The molecule has 2 rings (SSSR count). The molecule has 0 saturated carbocycles. The van der Waals surface area contributed by atoms with Crippen molar-refractivity contribution in [1.29, 1.82) is 0 Å². The summed E-state index contributed by atoms with van der Waals surface area (Å²) in [6.07, 6.45) is 1.05. The van der Waals surface area contributed by atoms with E-state index in [-0.39, 0.29) is 0 Å². The fourth-order valence-corrected chi connectivity index (χ4v) is 1.68. The molecule has 1 aromatic heterocycles. The smallest absolute Gasteiger partial charge is 0.163 e. The SMILES string of the molecule is CCc1ccc(-c2nnc(CN)n2C)cc1. The zero-order valence-electron chi connectivity index (χ0n) is 9.64. The molecule has 2 aromatic rings. The minimum atomic E-state index is 0.413. The van der Waals surface area contributed by atoms with Crippen LogP contribution in [0.2, 0.25) is 0 Å². The van der Waals surface area contributed by atoms with Gasteiger partial charge < -0.3 is 10.3 Å². The molecule has 0 bridgehead atoms. The molecule has 0 unspecified atom stereocenters. The van der Waals surface area contributed by atoms with Crippen molar-refractivity contribution in [2.24, 2.45) is 12.8 Å². The fourth-order valence-electron chi connectivity index (χ4n) is 1.68. The van der Waals surface area contributed by atoms with Gasteiger partial charge in [-0.15, -0.1) is 10.2 Å². The Morgan fingerprint density at radius 1 is 1.19 bits per heavy atom. The van der Waals surface area contributed by atoms with Crippen LogP contribution in [0.25, 0.3) is 11.4 Å². The predicted molar refractivity (Wildman–Crippen MR) is 63.7 cm³/mol. The maximum Gasteiger partial charge on any atom is 0.163 e. The molecule has 84 valence electrons. The molecular weight excluding hydrogens is 200 g/mol. The molecule has 16 heavy (non-hydrogen) atoms. The molecular formula is C12H16N4. The zero-order valence-corrected chi connectivity index (χ0v) is 9.64. The Hall–Kier alpha value is -1.68. The van der Waals surface area contributed by atoms with Gasteiger partial charge in [0.05, 0.1) is 6.54 Å². The molecule has 0 radical (unpaired) electrons. The molecule has 0 saturated heterocycles. The van der Waals surface area contributed by atoms with E-state index in [1.165, 1.54) is 5.56 Å². The summed E-state index contributed by atoms with van der Waals surface area (Å²) >= 11 is 0. The second-order valence-corrected chi connectivity index (χ2v) is 3.75. The highest BCUT2D eigenvalue weighted by Gasteiger charge is 2.08. The fraction of sp³-hybridized carbons (Fsp3) is 0.333. The van der Waals surface area contributed by atoms with Crippen molar-refractivity contribution in [2.75, 3.05) is 0 Å². The first-order valence-electron chi connectivity index (χ1n) is 5.44. The Bertz CT molecular complexity index is 470. The van der Waals surface area contributed by atoms with Gasteiger partial charge in [0.2, 0.25) is 0 Å². The molecule has 1 aromatic carbocycles. The van der Waals surface area contributed by atoms with Crippen LogP contribution in [-0.2, 0) is 20.0 Å². The highest BCUT2D eigenvalue weighted by atomic mass is 15.3. The lowest BCUT2D eigenvalue weighted by Gasteiger charge is -2.03. The van der Waals surface area contributed by atoms with Gasteiger partial charge >= 0.3 is 0 Å². The van der Waals surface area contributed by atoms with E-state index in [1.807, 2.05) is 11.6 Å². The first kappa shape index (κ1) is 10.8. The Labute approximate surface area is 95.1 Å².